The fourth-order valence-corrected chi connectivity index (χ4v) is 2.74. The van der Waals surface area contributed by atoms with Crippen LogP contribution in [0.2, 0.25) is 0 Å². The van der Waals surface area contributed by atoms with Crippen LogP contribution in [0.15, 0.2) is 60.7 Å². The van der Waals surface area contributed by atoms with Gasteiger partial charge in [-0.05, 0) is 37.3 Å². The number of carbonyl (C=O) groups excluding carboxylic acids is 1. The van der Waals surface area contributed by atoms with Crippen LogP contribution in [0.25, 0.3) is 0 Å². The summed E-state index contributed by atoms with van der Waals surface area (Å²) < 4.78 is 0. The summed E-state index contributed by atoms with van der Waals surface area (Å²) in [7, 11) is 0. The van der Waals surface area contributed by atoms with E-state index < -0.39 is 0 Å². The van der Waals surface area contributed by atoms with Gasteiger partial charge in [0.05, 0.1) is 0 Å². The Hall–Kier alpha value is -2.13. The first-order valence-electron chi connectivity index (χ1n) is 8.76. The van der Waals surface area contributed by atoms with Gasteiger partial charge in [-0.25, -0.2) is 0 Å². The van der Waals surface area contributed by atoms with Crippen molar-refractivity contribution in [3.8, 4) is 0 Å². The second-order valence-electron chi connectivity index (χ2n) is 6.41. The zero-order valence-corrected chi connectivity index (χ0v) is 14.5. The van der Waals surface area contributed by atoms with Crippen molar-refractivity contribution < 1.29 is 4.79 Å². The molecule has 24 heavy (non-hydrogen) atoms. The van der Waals surface area contributed by atoms with Crippen LogP contribution >= 0.6 is 0 Å². The molecule has 0 aromatic heterocycles. The SMILES string of the molecule is CC(N)CCCC(=O)N(CCc1ccccc1)Cc1ccccc1. The Kier molecular flexibility index (Phi) is 7.50. The van der Waals surface area contributed by atoms with Gasteiger partial charge in [-0.15, -0.1) is 0 Å². The van der Waals surface area contributed by atoms with Gasteiger partial charge < -0.3 is 10.6 Å². The van der Waals surface area contributed by atoms with E-state index in [0.29, 0.717) is 13.0 Å². The van der Waals surface area contributed by atoms with Crippen molar-refractivity contribution in [3.05, 3.63) is 71.8 Å². The lowest BCUT2D eigenvalue weighted by atomic mass is 10.1. The molecule has 0 heterocycles. The summed E-state index contributed by atoms with van der Waals surface area (Å²) in [5.41, 5.74) is 8.22. The molecule has 128 valence electrons. The van der Waals surface area contributed by atoms with Crippen LogP contribution < -0.4 is 5.73 Å². The highest BCUT2D eigenvalue weighted by atomic mass is 16.2. The molecule has 2 aromatic carbocycles. The molecule has 0 aliphatic heterocycles. The van der Waals surface area contributed by atoms with E-state index in [1.807, 2.05) is 48.2 Å². The number of rotatable bonds is 9. The molecule has 0 aliphatic rings. The van der Waals surface area contributed by atoms with Crippen molar-refractivity contribution in [2.45, 2.75) is 45.2 Å². The van der Waals surface area contributed by atoms with Gasteiger partial charge in [0.25, 0.3) is 0 Å². The van der Waals surface area contributed by atoms with Crippen LogP contribution in [0.5, 0.6) is 0 Å². The van der Waals surface area contributed by atoms with E-state index >= 15 is 0 Å². The third-order valence-electron chi connectivity index (χ3n) is 4.13. The number of nitrogens with two attached hydrogens (primary N) is 1. The topological polar surface area (TPSA) is 46.3 Å². The molecule has 1 unspecified atom stereocenters. The quantitative estimate of drug-likeness (QED) is 0.763. The summed E-state index contributed by atoms with van der Waals surface area (Å²) in [6.45, 7) is 3.40. The lowest BCUT2D eigenvalue weighted by molar-refractivity contribution is -0.131. The van der Waals surface area contributed by atoms with Crippen LogP contribution in [0.3, 0.4) is 0 Å². The van der Waals surface area contributed by atoms with Crippen LogP contribution in [0.4, 0.5) is 0 Å². The summed E-state index contributed by atoms with van der Waals surface area (Å²) in [6.07, 6.45) is 3.20. The summed E-state index contributed by atoms with van der Waals surface area (Å²) in [4.78, 5) is 14.6. The molecule has 3 nitrogen and oxygen atoms in total. The molecule has 0 radical (unpaired) electrons. The van der Waals surface area contributed by atoms with E-state index in [-0.39, 0.29) is 11.9 Å². The minimum absolute atomic E-state index is 0.157. The van der Waals surface area contributed by atoms with Crippen LogP contribution in [0, 0.1) is 0 Å². The number of hydrogen-bond donors (Lipinski definition) is 1. The predicted molar refractivity (Wildman–Crippen MR) is 99.5 cm³/mol. The van der Waals surface area contributed by atoms with E-state index in [0.717, 1.165) is 25.8 Å². The summed E-state index contributed by atoms with van der Waals surface area (Å²) in [5, 5.41) is 0. The first-order chi connectivity index (χ1) is 11.6. The molecule has 1 atom stereocenters. The van der Waals surface area contributed by atoms with Crippen LogP contribution in [0.1, 0.15) is 37.3 Å². The van der Waals surface area contributed by atoms with Crippen molar-refractivity contribution in [3.63, 3.8) is 0 Å². The lowest BCUT2D eigenvalue weighted by Crippen LogP contribution is -2.32. The molecular weight excluding hydrogens is 296 g/mol. The molecule has 2 rings (SSSR count). The van der Waals surface area contributed by atoms with Gasteiger partial charge in [-0.1, -0.05) is 60.7 Å². The summed E-state index contributed by atoms with van der Waals surface area (Å²) in [6, 6.07) is 20.7. The Morgan fingerprint density at radius 1 is 1.00 bits per heavy atom. The zero-order chi connectivity index (χ0) is 17.2. The third kappa shape index (κ3) is 6.55. The minimum Gasteiger partial charge on any atom is -0.338 e. The maximum absolute atomic E-state index is 12.6. The molecule has 2 N–H and O–H groups in total. The van der Waals surface area contributed by atoms with Gasteiger partial charge in [0.15, 0.2) is 0 Å². The van der Waals surface area contributed by atoms with E-state index in [4.69, 9.17) is 5.73 Å². The lowest BCUT2D eigenvalue weighted by Gasteiger charge is -2.23. The first-order valence-corrected chi connectivity index (χ1v) is 8.76. The highest BCUT2D eigenvalue weighted by Crippen LogP contribution is 2.11. The van der Waals surface area contributed by atoms with Gasteiger partial charge in [-0.3, -0.25) is 4.79 Å². The zero-order valence-electron chi connectivity index (χ0n) is 14.5. The van der Waals surface area contributed by atoms with Gasteiger partial charge in [0.1, 0.15) is 0 Å². The molecule has 3 heteroatoms. The molecule has 0 bridgehead atoms. The fourth-order valence-electron chi connectivity index (χ4n) is 2.74. The van der Waals surface area contributed by atoms with E-state index in [1.54, 1.807) is 0 Å². The Bertz CT molecular complexity index is 596. The standard InChI is InChI=1S/C21H28N2O/c1-18(22)9-8-14-21(24)23(17-20-12-6-3-7-13-20)16-15-19-10-4-2-5-11-19/h2-7,10-13,18H,8-9,14-17,22H2,1H3. The van der Waals surface area contributed by atoms with Crippen molar-refractivity contribution in [1.82, 2.24) is 4.90 Å². The van der Waals surface area contributed by atoms with Crippen molar-refractivity contribution >= 4 is 5.91 Å². The number of hydrogen-bond acceptors (Lipinski definition) is 2. The maximum atomic E-state index is 12.6. The van der Waals surface area contributed by atoms with Crippen molar-refractivity contribution in [2.75, 3.05) is 6.54 Å². The molecule has 0 saturated carbocycles. The molecular formula is C21H28N2O. The molecule has 0 fully saturated rings. The average molecular weight is 324 g/mol. The first kappa shape index (κ1) is 18.2. The smallest absolute Gasteiger partial charge is 0.222 e. The Morgan fingerprint density at radius 3 is 2.17 bits per heavy atom. The van der Waals surface area contributed by atoms with Crippen LogP contribution in [-0.4, -0.2) is 23.4 Å². The molecule has 0 aliphatic carbocycles. The average Bonchev–Trinajstić information content (AvgIpc) is 2.60. The van der Waals surface area contributed by atoms with Gasteiger partial charge in [0, 0.05) is 25.6 Å². The molecule has 2 aromatic rings. The highest BCUT2D eigenvalue weighted by Gasteiger charge is 2.14. The number of amides is 1. The highest BCUT2D eigenvalue weighted by molar-refractivity contribution is 5.76. The maximum Gasteiger partial charge on any atom is 0.222 e. The fraction of sp³-hybridized carbons (Fsp3) is 0.381. The second-order valence-corrected chi connectivity index (χ2v) is 6.41. The number of nitrogens with zero attached hydrogens (tertiary/aromatic N) is 1. The van der Waals surface area contributed by atoms with Crippen LogP contribution in [-0.2, 0) is 17.8 Å². The molecule has 1 amide bonds. The molecule has 0 saturated heterocycles. The Balaban J connectivity index is 1.96. The van der Waals surface area contributed by atoms with Crippen molar-refractivity contribution in [1.29, 1.82) is 0 Å². The minimum atomic E-state index is 0.157. The van der Waals surface area contributed by atoms with E-state index in [9.17, 15) is 4.79 Å². The summed E-state index contributed by atoms with van der Waals surface area (Å²) in [5.74, 6) is 0.218. The monoisotopic (exact) mass is 324 g/mol. The molecule has 0 spiro atoms. The van der Waals surface area contributed by atoms with E-state index in [2.05, 4.69) is 24.3 Å². The third-order valence-corrected chi connectivity index (χ3v) is 4.13. The van der Waals surface area contributed by atoms with Crippen molar-refractivity contribution in [2.24, 2.45) is 5.73 Å². The van der Waals surface area contributed by atoms with E-state index in [1.165, 1.54) is 11.1 Å². The van der Waals surface area contributed by atoms with Gasteiger partial charge >= 0.3 is 0 Å². The second kappa shape index (κ2) is 9.89. The van der Waals surface area contributed by atoms with Gasteiger partial charge in [-0.2, -0.15) is 0 Å². The summed E-state index contributed by atoms with van der Waals surface area (Å²) >= 11 is 0. The number of benzene rings is 2. The Labute approximate surface area is 145 Å². The largest absolute Gasteiger partial charge is 0.338 e. The predicted octanol–water partition coefficient (Wildman–Crippen LogP) is 3.78. The number of carbonyl (C=O) groups is 1. The normalized spacial score (nSPS) is 11.9. The van der Waals surface area contributed by atoms with Gasteiger partial charge in [0.2, 0.25) is 5.91 Å². The Morgan fingerprint density at radius 2 is 1.58 bits per heavy atom.